The number of hydrogen-bond acceptors (Lipinski definition) is 3. The molecule has 1 amide bonds. The molecule has 0 bridgehead atoms. The van der Waals surface area contributed by atoms with Crippen LogP contribution in [0.15, 0.2) is 0 Å². The fourth-order valence-corrected chi connectivity index (χ4v) is 3.28. The number of hydrogen-bond donors (Lipinski definition) is 2. The van der Waals surface area contributed by atoms with Gasteiger partial charge in [0.2, 0.25) is 0 Å². The molecule has 18 heavy (non-hydrogen) atoms. The average Bonchev–Trinajstić information content (AvgIpc) is 2.13. The third-order valence-corrected chi connectivity index (χ3v) is 8.52. The van der Waals surface area contributed by atoms with Crippen LogP contribution < -0.4 is 5.73 Å². The molecule has 0 unspecified atom stereocenters. The minimum absolute atomic E-state index is 0.0641. The van der Waals surface area contributed by atoms with Gasteiger partial charge in [0.15, 0.2) is 8.32 Å². The number of rotatable bonds is 2. The van der Waals surface area contributed by atoms with Crippen LogP contribution in [-0.2, 0) is 4.43 Å². The first-order valence-electron chi connectivity index (χ1n) is 6.44. The number of carboxylic acid groups (broad SMARTS) is 1. The lowest BCUT2D eigenvalue weighted by atomic mass is 10.0. The van der Waals surface area contributed by atoms with E-state index in [9.17, 15) is 4.79 Å². The molecular weight excluding hydrogens is 248 g/mol. The summed E-state index contributed by atoms with van der Waals surface area (Å²) in [6.07, 6.45) is -0.226. The summed E-state index contributed by atoms with van der Waals surface area (Å²) >= 11 is 0. The normalized spacial score (nSPS) is 26.2. The maximum Gasteiger partial charge on any atom is 0.407 e. The van der Waals surface area contributed by atoms with Gasteiger partial charge in [-0.15, -0.1) is 0 Å². The Kier molecular flexibility index (Phi) is 4.45. The lowest BCUT2D eigenvalue weighted by Crippen LogP contribution is -2.55. The van der Waals surface area contributed by atoms with Gasteiger partial charge in [0.1, 0.15) is 0 Å². The average molecular weight is 274 g/mol. The van der Waals surface area contributed by atoms with E-state index in [1.165, 1.54) is 4.90 Å². The van der Waals surface area contributed by atoms with Crippen molar-refractivity contribution < 1.29 is 14.3 Å². The van der Waals surface area contributed by atoms with Crippen LogP contribution in [0.5, 0.6) is 0 Å². The Morgan fingerprint density at radius 2 is 1.94 bits per heavy atom. The lowest BCUT2D eigenvalue weighted by Gasteiger charge is -2.43. The van der Waals surface area contributed by atoms with Crippen LogP contribution in [0.1, 0.15) is 27.2 Å². The summed E-state index contributed by atoms with van der Waals surface area (Å²) in [5, 5.41) is 9.19. The largest absolute Gasteiger partial charge is 0.465 e. The summed E-state index contributed by atoms with van der Waals surface area (Å²) in [5.74, 6) is 0. The maximum absolute atomic E-state index is 11.0. The summed E-state index contributed by atoms with van der Waals surface area (Å²) in [7, 11) is -1.86. The van der Waals surface area contributed by atoms with E-state index in [4.69, 9.17) is 15.3 Å². The zero-order chi connectivity index (χ0) is 14.1. The highest BCUT2D eigenvalue weighted by Gasteiger charge is 2.41. The molecule has 6 heteroatoms. The Hall–Kier alpha value is -0.593. The van der Waals surface area contributed by atoms with Gasteiger partial charge in [-0.2, -0.15) is 0 Å². The first kappa shape index (κ1) is 15.5. The number of nitrogens with zero attached hydrogens (tertiary/aromatic N) is 1. The van der Waals surface area contributed by atoms with Crippen molar-refractivity contribution >= 4 is 14.4 Å². The molecule has 1 fully saturated rings. The summed E-state index contributed by atoms with van der Waals surface area (Å²) in [4.78, 5) is 12.4. The zero-order valence-electron chi connectivity index (χ0n) is 12.1. The number of nitrogens with two attached hydrogens (primary N) is 1. The Balaban J connectivity index is 2.70. The molecule has 1 aliphatic rings. The molecule has 0 aromatic carbocycles. The summed E-state index contributed by atoms with van der Waals surface area (Å²) < 4.78 is 6.25. The molecule has 0 radical (unpaired) electrons. The van der Waals surface area contributed by atoms with Crippen molar-refractivity contribution in [2.75, 3.05) is 13.1 Å². The van der Waals surface area contributed by atoms with Crippen molar-refractivity contribution in [1.29, 1.82) is 0 Å². The van der Waals surface area contributed by atoms with Crippen LogP contribution in [0.3, 0.4) is 0 Å². The van der Waals surface area contributed by atoms with E-state index < -0.39 is 14.4 Å². The lowest BCUT2D eigenvalue weighted by molar-refractivity contribution is 0.0634. The molecule has 1 saturated heterocycles. The number of piperidine rings is 1. The molecule has 5 nitrogen and oxygen atoms in total. The van der Waals surface area contributed by atoms with Crippen molar-refractivity contribution in [3.63, 3.8) is 0 Å². The van der Waals surface area contributed by atoms with Gasteiger partial charge in [0.25, 0.3) is 0 Å². The highest BCUT2D eigenvalue weighted by molar-refractivity contribution is 6.74. The third kappa shape index (κ3) is 3.70. The Labute approximate surface area is 110 Å². The van der Waals surface area contributed by atoms with Crippen molar-refractivity contribution in [1.82, 2.24) is 4.90 Å². The molecule has 0 aromatic heterocycles. The van der Waals surface area contributed by atoms with E-state index in [0.717, 1.165) is 6.42 Å². The van der Waals surface area contributed by atoms with Crippen LogP contribution in [0.4, 0.5) is 4.79 Å². The summed E-state index contributed by atoms with van der Waals surface area (Å²) in [5.41, 5.74) is 5.91. The van der Waals surface area contributed by atoms with Gasteiger partial charge < -0.3 is 20.2 Å². The van der Waals surface area contributed by atoms with Crippen molar-refractivity contribution in [2.24, 2.45) is 5.73 Å². The number of carbonyl (C=O) groups is 1. The zero-order valence-corrected chi connectivity index (χ0v) is 13.1. The Bertz CT molecular complexity index is 315. The van der Waals surface area contributed by atoms with Crippen LogP contribution >= 0.6 is 0 Å². The quantitative estimate of drug-likeness (QED) is 0.756. The second-order valence-electron chi connectivity index (χ2n) is 6.68. The van der Waals surface area contributed by atoms with E-state index in [2.05, 4.69) is 33.9 Å². The molecule has 0 aromatic rings. The molecule has 1 aliphatic heterocycles. The first-order valence-corrected chi connectivity index (χ1v) is 9.35. The van der Waals surface area contributed by atoms with Crippen LogP contribution in [0, 0.1) is 0 Å². The van der Waals surface area contributed by atoms with Gasteiger partial charge in [-0.05, 0) is 24.6 Å². The number of amides is 1. The first-order chi connectivity index (χ1) is 8.03. The standard InChI is InChI=1S/C12H26N2O3Si/c1-12(2,3)18(4,5)17-10-6-9(13)7-14(8-10)11(15)16/h9-10H,6-8,13H2,1-5H3,(H,15,16)/t9-,10+/m1/s1. The molecular formula is C12H26N2O3Si. The second kappa shape index (κ2) is 5.18. The highest BCUT2D eigenvalue weighted by Crippen LogP contribution is 2.38. The highest BCUT2D eigenvalue weighted by atomic mass is 28.4. The van der Waals surface area contributed by atoms with Crippen LogP contribution in [0.25, 0.3) is 0 Å². The van der Waals surface area contributed by atoms with Gasteiger partial charge in [-0.3, -0.25) is 0 Å². The topological polar surface area (TPSA) is 75.8 Å². The Morgan fingerprint density at radius 1 is 1.39 bits per heavy atom. The summed E-state index contributed by atoms with van der Waals surface area (Å²) in [6, 6.07) is -0.121. The fourth-order valence-electron chi connectivity index (χ4n) is 1.93. The van der Waals surface area contributed by atoms with Crippen LogP contribution in [-0.4, -0.2) is 49.7 Å². The number of likely N-dealkylation sites (tertiary alicyclic amines) is 1. The molecule has 0 spiro atoms. The van der Waals surface area contributed by atoms with Gasteiger partial charge in [-0.25, -0.2) is 4.79 Å². The Morgan fingerprint density at radius 3 is 2.39 bits per heavy atom. The van der Waals surface area contributed by atoms with Crippen molar-refractivity contribution in [2.45, 2.75) is 57.5 Å². The third-order valence-electron chi connectivity index (χ3n) is 3.98. The van der Waals surface area contributed by atoms with Gasteiger partial charge in [-0.1, -0.05) is 20.8 Å². The molecule has 1 rings (SSSR count). The van der Waals surface area contributed by atoms with Gasteiger partial charge in [0.05, 0.1) is 6.10 Å². The summed E-state index contributed by atoms with van der Waals surface area (Å²) in [6.45, 7) is 11.7. The van der Waals surface area contributed by atoms with Crippen LogP contribution in [0.2, 0.25) is 18.1 Å². The minimum atomic E-state index is -1.86. The molecule has 2 atom stereocenters. The molecule has 0 saturated carbocycles. The van der Waals surface area contributed by atoms with Gasteiger partial charge >= 0.3 is 6.09 Å². The monoisotopic (exact) mass is 274 g/mol. The van der Waals surface area contributed by atoms with E-state index in [0.29, 0.717) is 13.1 Å². The van der Waals surface area contributed by atoms with E-state index in [1.807, 2.05) is 0 Å². The smallest absolute Gasteiger partial charge is 0.407 e. The predicted octanol–water partition coefficient (Wildman–Crippen LogP) is 2.09. The molecule has 1 heterocycles. The molecule has 106 valence electrons. The fraction of sp³-hybridized carbons (Fsp3) is 0.917. The molecule has 0 aliphatic carbocycles. The van der Waals surface area contributed by atoms with Crippen molar-refractivity contribution in [3.8, 4) is 0 Å². The van der Waals surface area contributed by atoms with Crippen molar-refractivity contribution in [3.05, 3.63) is 0 Å². The second-order valence-corrected chi connectivity index (χ2v) is 11.4. The SMILES string of the molecule is CC(C)(C)[Si](C)(C)O[C@H]1C[C@@H](N)CN(C(=O)O)C1. The van der Waals surface area contributed by atoms with E-state index in [1.54, 1.807) is 0 Å². The van der Waals surface area contributed by atoms with Gasteiger partial charge in [0, 0.05) is 19.1 Å². The maximum atomic E-state index is 11.0. The predicted molar refractivity (Wildman–Crippen MR) is 74.3 cm³/mol. The minimum Gasteiger partial charge on any atom is -0.465 e. The molecule has 3 N–H and O–H groups in total. The van der Waals surface area contributed by atoms with E-state index in [-0.39, 0.29) is 17.2 Å². The van der Waals surface area contributed by atoms with E-state index >= 15 is 0 Å².